The van der Waals surface area contributed by atoms with Gasteiger partial charge < -0.3 is 5.32 Å². The number of benzene rings is 2. The molecule has 0 spiro atoms. The zero-order chi connectivity index (χ0) is 19.5. The van der Waals surface area contributed by atoms with Gasteiger partial charge in [-0.05, 0) is 39.0 Å². The number of hydrogen-bond donors (Lipinski definition) is 2. The molecule has 26 heavy (non-hydrogen) atoms. The Labute approximate surface area is 151 Å². The highest BCUT2D eigenvalue weighted by molar-refractivity contribution is 7.92. The number of nitrogens with one attached hydrogen (secondary N) is 2. The summed E-state index contributed by atoms with van der Waals surface area (Å²) in [6, 6.07) is 10.8. The van der Waals surface area contributed by atoms with Crippen LogP contribution in [0.2, 0.25) is 0 Å². The van der Waals surface area contributed by atoms with Gasteiger partial charge in [0.1, 0.15) is 0 Å². The molecule has 0 aliphatic heterocycles. The molecule has 2 rings (SSSR count). The van der Waals surface area contributed by atoms with Gasteiger partial charge in [0.25, 0.3) is 21.6 Å². The van der Waals surface area contributed by atoms with Crippen molar-refractivity contribution in [3.8, 4) is 0 Å². The summed E-state index contributed by atoms with van der Waals surface area (Å²) in [5, 5.41) is 13.6. The Kier molecular flexibility index (Phi) is 5.31. The van der Waals surface area contributed by atoms with Gasteiger partial charge in [-0.1, -0.05) is 18.2 Å². The quantitative estimate of drug-likeness (QED) is 0.613. The van der Waals surface area contributed by atoms with Crippen LogP contribution in [0.1, 0.15) is 31.1 Å². The number of nitrogens with zero attached hydrogens (tertiary/aromatic N) is 1. The number of sulfonamides is 1. The molecule has 0 radical (unpaired) electrons. The van der Waals surface area contributed by atoms with Gasteiger partial charge in [0, 0.05) is 17.7 Å². The van der Waals surface area contributed by atoms with E-state index in [1.807, 2.05) is 0 Å². The third-order valence-electron chi connectivity index (χ3n) is 3.24. The van der Waals surface area contributed by atoms with E-state index >= 15 is 0 Å². The molecule has 2 aromatic carbocycles. The predicted octanol–water partition coefficient (Wildman–Crippen LogP) is 2.92. The highest BCUT2D eigenvalue weighted by Gasteiger charge is 2.22. The van der Waals surface area contributed by atoms with Crippen LogP contribution in [0, 0.1) is 10.1 Å². The van der Waals surface area contributed by atoms with E-state index in [0.29, 0.717) is 0 Å². The van der Waals surface area contributed by atoms with Crippen LogP contribution >= 0.6 is 0 Å². The van der Waals surface area contributed by atoms with Crippen LogP contribution in [0.15, 0.2) is 53.4 Å². The minimum Gasteiger partial charge on any atom is -0.347 e. The number of nitro benzene ring substituents is 1. The fourth-order valence-electron chi connectivity index (χ4n) is 2.15. The molecule has 0 aliphatic carbocycles. The molecular formula is C17H19N3O5S. The first-order valence-corrected chi connectivity index (χ1v) is 9.17. The number of hydrogen-bond acceptors (Lipinski definition) is 5. The lowest BCUT2D eigenvalue weighted by Gasteiger charge is -2.21. The number of amides is 1. The van der Waals surface area contributed by atoms with E-state index in [2.05, 4.69) is 10.0 Å². The van der Waals surface area contributed by atoms with Crippen molar-refractivity contribution < 1.29 is 18.1 Å². The van der Waals surface area contributed by atoms with Crippen LogP contribution in [-0.2, 0) is 10.0 Å². The van der Waals surface area contributed by atoms with Gasteiger partial charge in [0.2, 0.25) is 0 Å². The number of para-hydroxylation sites is 1. The molecule has 1 amide bonds. The number of carbonyl (C=O) groups excluding carboxylic acids is 1. The highest BCUT2D eigenvalue weighted by atomic mass is 32.2. The van der Waals surface area contributed by atoms with E-state index < -0.39 is 26.4 Å². The third-order valence-corrected chi connectivity index (χ3v) is 4.61. The molecule has 8 nitrogen and oxygen atoms in total. The zero-order valence-electron chi connectivity index (χ0n) is 14.5. The molecule has 0 aliphatic rings. The molecule has 2 aromatic rings. The largest absolute Gasteiger partial charge is 0.347 e. The minimum absolute atomic E-state index is 0.0840. The average molecular weight is 377 g/mol. The Bertz CT molecular complexity index is 949. The molecule has 0 heterocycles. The Hall–Kier alpha value is -2.94. The monoisotopic (exact) mass is 377 g/mol. The van der Waals surface area contributed by atoms with Gasteiger partial charge in [-0.15, -0.1) is 0 Å². The number of nitro groups is 1. The fourth-order valence-corrected chi connectivity index (χ4v) is 3.26. The number of non-ortho nitro benzene ring substituents is 1. The molecule has 9 heteroatoms. The van der Waals surface area contributed by atoms with E-state index in [0.717, 1.165) is 6.07 Å². The summed E-state index contributed by atoms with van der Waals surface area (Å²) in [4.78, 5) is 22.3. The maximum Gasteiger partial charge on any atom is 0.270 e. The number of anilines is 1. The Balaban J connectivity index is 2.38. The van der Waals surface area contributed by atoms with Crippen LogP contribution in [-0.4, -0.2) is 24.8 Å². The van der Waals surface area contributed by atoms with Gasteiger partial charge in [0.15, 0.2) is 0 Å². The molecule has 0 fully saturated rings. The summed E-state index contributed by atoms with van der Waals surface area (Å²) in [6.45, 7) is 5.42. The van der Waals surface area contributed by atoms with Crippen molar-refractivity contribution in [1.29, 1.82) is 0 Å². The minimum atomic E-state index is -4.10. The Morgan fingerprint density at radius 1 is 1.08 bits per heavy atom. The summed E-state index contributed by atoms with van der Waals surface area (Å²) in [6.07, 6.45) is 0. The van der Waals surface area contributed by atoms with Gasteiger partial charge in [-0.3, -0.25) is 19.6 Å². The van der Waals surface area contributed by atoms with Crippen molar-refractivity contribution in [3.63, 3.8) is 0 Å². The smallest absolute Gasteiger partial charge is 0.270 e. The Morgan fingerprint density at radius 3 is 2.35 bits per heavy atom. The molecule has 0 saturated heterocycles. The summed E-state index contributed by atoms with van der Waals surface area (Å²) >= 11 is 0. The second kappa shape index (κ2) is 7.12. The van der Waals surface area contributed by atoms with Crippen molar-refractivity contribution in [1.82, 2.24) is 5.32 Å². The van der Waals surface area contributed by atoms with Gasteiger partial charge >= 0.3 is 0 Å². The number of rotatable bonds is 5. The van der Waals surface area contributed by atoms with Crippen LogP contribution < -0.4 is 10.0 Å². The molecule has 0 aromatic heterocycles. The van der Waals surface area contributed by atoms with Gasteiger partial charge in [0.05, 0.1) is 21.1 Å². The van der Waals surface area contributed by atoms with E-state index in [-0.39, 0.29) is 21.8 Å². The lowest BCUT2D eigenvalue weighted by atomic mass is 10.1. The van der Waals surface area contributed by atoms with Crippen molar-refractivity contribution in [2.45, 2.75) is 31.2 Å². The van der Waals surface area contributed by atoms with Crippen molar-refractivity contribution in [3.05, 3.63) is 64.2 Å². The molecule has 0 bridgehead atoms. The molecule has 2 N–H and O–H groups in total. The summed E-state index contributed by atoms with van der Waals surface area (Å²) in [5.74, 6) is -0.435. The first-order valence-electron chi connectivity index (χ1n) is 7.68. The zero-order valence-corrected chi connectivity index (χ0v) is 15.3. The second-order valence-corrected chi connectivity index (χ2v) is 8.29. The lowest BCUT2D eigenvalue weighted by molar-refractivity contribution is -0.385. The topological polar surface area (TPSA) is 118 Å². The summed E-state index contributed by atoms with van der Waals surface area (Å²) in [7, 11) is -4.10. The number of carbonyl (C=O) groups is 1. The van der Waals surface area contributed by atoms with Gasteiger partial charge in [-0.25, -0.2) is 8.42 Å². The molecular weight excluding hydrogens is 358 g/mol. The van der Waals surface area contributed by atoms with E-state index in [4.69, 9.17) is 0 Å². The van der Waals surface area contributed by atoms with Crippen molar-refractivity contribution in [2.24, 2.45) is 0 Å². The molecule has 0 saturated carbocycles. The van der Waals surface area contributed by atoms with E-state index in [9.17, 15) is 23.3 Å². The van der Waals surface area contributed by atoms with Crippen LogP contribution in [0.4, 0.5) is 11.4 Å². The maximum atomic E-state index is 12.6. The van der Waals surface area contributed by atoms with E-state index in [1.165, 1.54) is 30.3 Å². The lowest BCUT2D eigenvalue weighted by Crippen LogP contribution is -2.40. The molecule has 138 valence electrons. The average Bonchev–Trinajstić information content (AvgIpc) is 2.53. The van der Waals surface area contributed by atoms with Gasteiger partial charge in [-0.2, -0.15) is 0 Å². The summed E-state index contributed by atoms with van der Waals surface area (Å²) < 4.78 is 27.5. The standard InChI is InChI=1S/C17H19N3O5S/c1-17(2,3)18-16(21)14-9-4-5-10-15(14)19-26(24,25)13-8-6-7-12(11-13)20(22)23/h4-11,19H,1-3H3,(H,18,21). The molecule has 0 atom stereocenters. The van der Waals surface area contributed by atoms with Crippen molar-refractivity contribution >= 4 is 27.3 Å². The normalized spacial score (nSPS) is 11.7. The van der Waals surface area contributed by atoms with Crippen molar-refractivity contribution in [2.75, 3.05) is 4.72 Å². The molecule has 0 unspecified atom stereocenters. The van der Waals surface area contributed by atoms with E-state index in [1.54, 1.807) is 32.9 Å². The summed E-state index contributed by atoms with van der Waals surface area (Å²) in [5.41, 5.74) is -0.604. The Morgan fingerprint density at radius 2 is 1.73 bits per heavy atom. The van der Waals surface area contributed by atoms with Crippen LogP contribution in [0.25, 0.3) is 0 Å². The maximum absolute atomic E-state index is 12.6. The van der Waals surface area contributed by atoms with Crippen LogP contribution in [0.5, 0.6) is 0 Å². The fraction of sp³-hybridized carbons (Fsp3) is 0.235. The first kappa shape index (κ1) is 19.4. The highest BCUT2D eigenvalue weighted by Crippen LogP contribution is 2.23. The predicted molar refractivity (Wildman–Crippen MR) is 97.6 cm³/mol. The second-order valence-electron chi connectivity index (χ2n) is 6.61. The SMILES string of the molecule is CC(C)(C)NC(=O)c1ccccc1NS(=O)(=O)c1cccc([N+](=O)[O-])c1. The first-order chi connectivity index (χ1) is 12.0. The third kappa shape index (κ3) is 4.79. The van der Waals surface area contributed by atoms with Crippen LogP contribution in [0.3, 0.4) is 0 Å².